The van der Waals surface area contributed by atoms with E-state index in [1.54, 1.807) is 6.07 Å². The first kappa shape index (κ1) is 25.7. The number of rotatable bonds is 4. The molecule has 2 heterocycles. The summed E-state index contributed by atoms with van der Waals surface area (Å²) in [5, 5.41) is 2.85. The number of hydrogen-bond acceptors (Lipinski definition) is 5. The molecule has 0 unspecified atom stereocenters. The van der Waals surface area contributed by atoms with Gasteiger partial charge in [0.05, 0.1) is 11.2 Å². The molecule has 36 heavy (non-hydrogen) atoms. The van der Waals surface area contributed by atoms with Crippen molar-refractivity contribution in [1.29, 1.82) is 0 Å². The van der Waals surface area contributed by atoms with Crippen molar-refractivity contribution in [1.82, 2.24) is 9.13 Å². The molecular weight excluding hydrogens is 457 g/mol. The van der Waals surface area contributed by atoms with E-state index in [4.69, 9.17) is 9.31 Å². The van der Waals surface area contributed by atoms with Gasteiger partial charge in [-0.05, 0) is 75.3 Å². The maximum absolute atomic E-state index is 13.0. The fourth-order valence-corrected chi connectivity index (χ4v) is 4.39. The first-order chi connectivity index (χ1) is 16.7. The van der Waals surface area contributed by atoms with Crippen LogP contribution in [0.1, 0.15) is 49.2 Å². The molecule has 3 aromatic rings. The molecule has 1 aromatic heterocycles. The second-order valence-electron chi connectivity index (χ2n) is 10.3. The highest BCUT2D eigenvalue weighted by atomic mass is 16.7. The zero-order valence-corrected chi connectivity index (χ0v) is 22.1. The Balaban J connectivity index is 1.70. The Labute approximate surface area is 211 Å². The summed E-state index contributed by atoms with van der Waals surface area (Å²) in [6, 6.07) is 11.7. The van der Waals surface area contributed by atoms with Crippen LogP contribution < -0.4 is 22.0 Å². The van der Waals surface area contributed by atoms with Gasteiger partial charge in [-0.2, -0.15) is 0 Å². The summed E-state index contributed by atoms with van der Waals surface area (Å²) >= 11 is 0. The zero-order valence-electron chi connectivity index (χ0n) is 22.1. The molecule has 1 fully saturated rings. The average Bonchev–Trinajstić information content (AvgIpc) is 3.03. The second-order valence-corrected chi connectivity index (χ2v) is 10.3. The molecule has 1 amide bonds. The molecule has 1 aliphatic heterocycles. The van der Waals surface area contributed by atoms with Crippen LogP contribution in [-0.2, 0) is 23.4 Å². The van der Waals surface area contributed by atoms with Crippen molar-refractivity contribution in [2.24, 2.45) is 14.1 Å². The van der Waals surface area contributed by atoms with E-state index >= 15 is 0 Å². The van der Waals surface area contributed by atoms with E-state index in [-0.39, 0.29) is 5.56 Å². The summed E-state index contributed by atoms with van der Waals surface area (Å²) in [5.74, 6) is -0.575. The maximum Gasteiger partial charge on any atom is 0.495 e. The van der Waals surface area contributed by atoms with Crippen LogP contribution in [0.2, 0.25) is 0 Å². The highest BCUT2D eigenvalue weighted by molar-refractivity contribution is 6.62. The molecule has 4 rings (SSSR count). The van der Waals surface area contributed by atoms with Crippen molar-refractivity contribution >= 4 is 24.2 Å². The summed E-state index contributed by atoms with van der Waals surface area (Å²) in [6.45, 7) is 12.1. The summed E-state index contributed by atoms with van der Waals surface area (Å²) in [6.07, 6.45) is 1.26. The SMILES string of the molecule is Cc1c(NC(=O)c2cn(C)c(=O)n(C)c2=O)cccc1-c1cccc(B2OC(C)(C)C(C)(C)O2)c1C. The Bertz CT molecular complexity index is 1470. The molecule has 1 aliphatic rings. The van der Waals surface area contributed by atoms with Gasteiger partial charge in [0.25, 0.3) is 11.5 Å². The van der Waals surface area contributed by atoms with Crippen LogP contribution in [-0.4, -0.2) is 33.4 Å². The number of amides is 1. The molecule has 8 nitrogen and oxygen atoms in total. The van der Waals surface area contributed by atoms with Gasteiger partial charge in [-0.3, -0.25) is 14.2 Å². The van der Waals surface area contributed by atoms with Crippen LogP contribution >= 0.6 is 0 Å². The number of anilines is 1. The van der Waals surface area contributed by atoms with Crippen molar-refractivity contribution in [2.45, 2.75) is 52.7 Å². The first-order valence-corrected chi connectivity index (χ1v) is 11.9. The minimum absolute atomic E-state index is 0.108. The number of carbonyl (C=O) groups is 1. The van der Waals surface area contributed by atoms with E-state index < -0.39 is 35.5 Å². The molecule has 0 atom stereocenters. The Morgan fingerprint density at radius 2 is 1.44 bits per heavy atom. The van der Waals surface area contributed by atoms with Gasteiger partial charge in [0, 0.05) is 26.0 Å². The number of nitrogens with one attached hydrogen (secondary N) is 1. The van der Waals surface area contributed by atoms with Crippen LogP contribution in [0, 0.1) is 13.8 Å². The lowest BCUT2D eigenvalue weighted by Crippen LogP contribution is -2.41. The molecule has 0 saturated carbocycles. The number of aromatic nitrogens is 2. The Morgan fingerprint density at radius 1 is 0.889 bits per heavy atom. The lowest BCUT2D eigenvalue weighted by Gasteiger charge is -2.32. The minimum atomic E-state index is -0.643. The highest BCUT2D eigenvalue weighted by Crippen LogP contribution is 2.37. The standard InChI is InChI=1S/C27H32BN3O5/c1-16-18(11-9-13-21(16)28-35-26(3,4)27(5,6)36-28)19-12-10-14-22(17(19)2)29-23(32)20-15-30(7)25(34)31(8)24(20)33/h9-15H,1-8H3,(H,29,32). The fraction of sp³-hybridized carbons (Fsp3) is 0.370. The van der Waals surface area contributed by atoms with Crippen LogP contribution in [0.3, 0.4) is 0 Å². The van der Waals surface area contributed by atoms with Gasteiger partial charge >= 0.3 is 12.8 Å². The predicted octanol–water partition coefficient (Wildman–Crippen LogP) is 2.92. The van der Waals surface area contributed by atoms with Gasteiger partial charge < -0.3 is 19.2 Å². The minimum Gasteiger partial charge on any atom is -0.399 e. The molecule has 1 N–H and O–H groups in total. The quantitative estimate of drug-likeness (QED) is 0.570. The molecule has 0 radical (unpaired) electrons. The van der Waals surface area contributed by atoms with Gasteiger partial charge in [0.15, 0.2) is 0 Å². The van der Waals surface area contributed by atoms with Gasteiger partial charge in [-0.1, -0.05) is 30.3 Å². The highest BCUT2D eigenvalue weighted by Gasteiger charge is 2.52. The lowest BCUT2D eigenvalue weighted by atomic mass is 9.74. The number of benzene rings is 2. The molecule has 0 aliphatic carbocycles. The molecule has 0 bridgehead atoms. The normalized spacial score (nSPS) is 16.3. The van der Waals surface area contributed by atoms with Crippen LogP contribution in [0.15, 0.2) is 52.2 Å². The smallest absolute Gasteiger partial charge is 0.399 e. The van der Waals surface area contributed by atoms with E-state index in [2.05, 4.69) is 5.32 Å². The largest absolute Gasteiger partial charge is 0.495 e. The van der Waals surface area contributed by atoms with Gasteiger partial charge in [-0.25, -0.2) is 4.79 Å². The average molecular weight is 489 g/mol. The van der Waals surface area contributed by atoms with E-state index in [1.807, 2.05) is 71.9 Å². The van der Waals surface area contributed by atoms with Gasteiger partial charge in [0.2, 0.25) is 0 Å². The second kappa shape index (κ2) is 8.90. The summed E-state index contributed by atoms with van der Waals surface area (Å²) in [7, 11) is 2.36. The number of hydrogen-bond donors (Lipinski definition) is 1. The fourth-order valence-electron chi connectivity index (χ4n) is 4.39. The van der Waals surface area contributed by atoms with Crippen LogP contribution in [0.25, 0.3) is 11.1 Å². The molecule has 188 valence electrons. The van der Waals surface area contributed by atoms with Crippen molar-refractivity contribution < 1.29 is 14.1 Å². The Kier molecular flexibility index (Phi) is 6.35. The summed E-state index contributed by atoms with van der Waals surface area (Å²) in [4.78, 5) is 37.5. The third kappa shape index (κ3) is 4.22. The van der Waals surface area contributed by atoms with E-state index in [9.17, 15) is 14.4 Å². The number of nitrogens with zero attached hydrogens (tertiary/aromatic N) is 2. The molecule has 9 heteroatoms. The van der Waals surface area contributed by atoms with E-state index in [0.29, 0.717) is 5.69 Å². The lowest BCUT2D eigenvalue weighted by molar-refractivity contribution is 0.00578. The molecule has 2 aromatic carbocycles. The van der Waals surface area contributed by atoms with E-state index in [1.165, 1.54) is 24.9 Å². The zero-order chi connectivity index (χ0) is 26.6. The third-order valence-electron chi connectivity index (χ3n) is 7.45. The monoisotopic (exact) mass is 489 g/mol. The van der Waals surface area contributed by atoms with Gasteiger partial charge in [0.1, 0.15) is 5.56 Å². The first-order valence-electron chi connectivity index (χ1n) is 11.9. The van der Waals surface area contributed by atoms with Crippen molar-refractivity contribution in [3.05, 3.63) is 80.1 Å². The Hall–Kier alpha value is -3.43. The van der Waals surface area contributed by atoms with Crippen molar-refractivity contribution in [3.63, 3.8) is 0 Å². The maximum atomic E-state index is 13.0. The van der Waals surface area contributed by atoms with Gasteiger partial charge in [-0.15, -0.1) is 0 Å². The Morgan fingerprint density at radius 3 is 2.06 bits per heavy atom. The predicted molar refractivity (Wildman–Crippen MR) is 142 cm³/mol. The molecular formula is C27H32BN3O5. The topological polar surface area (TPSA) is 91.6 Å². The number of carbonyl (C=O) groups excluding carboxylic acids is 1. The van der Waals surface area contributed by atoms with Crippen molar-refractivity contribution in [2.75, 3.05) is 5.32 Å². The third-order valence-corrected chi connectivity index (χ3v) is 7.45. The summed E-state index contributed by atoms with van der Waals surface area (Å²) in [5.41, 5.74) is 3.20. The molecule has 1 saturated heterocycles. The summed E-state index contributed by atoms with van der Waals surface area (Å²) < 4.78 is 14.7. The van der Waals surface area contributed by atoms with Crippen LogP contribution in [0.4, 0.5) is 5.69 Å². The van der Waals surface area contributed by atoms with Crippen LogP contribution in [0.5, 0.6) is 0 Å². The number of aryl methyl sites for hydroxylation is 1. The van der Waals surface area contributed by atoms with E-state index in [0.717, 1.165) is 32.3 Å². The molecule has 0 spiro atoms. The van der Waals surface area contributed by atoms with Crippen molar-refractivity contribution in [3.8, 4) is 11.1 Å².